The van der Waals surface area contributed by atoms with Crippen molar-refractivity contribution in [1.82, 2.24) is 10.2 Å². The highest BCUT2D eigenvalue weighted by Crippen LogP contribution is 2.14. The number of likely N-dealkylation sites (tertiary alicyclic amines) is 1. The summed E-state index contributed by atoms with van der Waals surface area (Å²) >= 11 is 0. The summed E-state index contributed by atoms with van der Waals surface area (Å²) in [6.07, 6.45) is 1.22. The predicted molar refractivity (Wildman–Crippen MR) is 61.0 cm³/mol. The minimum absolute atomic E-state index is 0.116. The van der Waals surface area contributed by atoms with Crippen molar-refractivity contribution in [2.45, 2.75) is 19.4 Å². The SMILES string of the molecule is CC1CN(C)CCC1NCCOCCO. The lowest BCUT2D eigenvalue weighted by Crippen LogP contribution is -2.47. The molecule has 0 spiro atoms. The molecule has 15 heavy (non-hydrogen) atoms. The largest absolute Gasteiger partial charge is 0.394 e. The van der Waals surface area contributed by atoms with Gasteiger partial charge >= 0.3 is 0 Å². The van der Waals surface area contributed by atoms with Gasteiger partial charge < -0.3 is 20.1 Å². The van der Waals surface area contributed by atoms with Crippen molar-refractivity contribution in [1.29, 1.82) is 0 Å². The number of hydrogen-bond donors (Lipinski definition) is 2. The number of ether oxygens (including phenoxy) is 1. The highest BCUT2D eigenvalue weighted by Gasteiger charge is 2.23. The lowest BCUT2D eigenvalue weighted by Gasteiger charge is -2.35. The van der Waals surface area contributed by atoms with Gasteiger partial charge in [-0.1, -0.05) is 6.92 Å². The van der Waals surface area contributed by atoms with Gasteiger partial charge in [-0.05, 0) is 25.9 Å². The fourth-order valence-corrected chi connectivity index (χ4v) is 2.14. The Morgan fingerprint density at radius 1 is 1.47 bits per heavy atom. The first-order valence-electron chi connectivity index (χ1n) is 5.84. The summed E-state index contributed by atoms with van der Waals surface area (Å²) in [6, 6.07) is 0.624. The first-order valence-corrected chi connectivity index (χ1v) is 5.84. The standard InChI is InChI=1S/C11H24N2O2/c1-10-9-13(2)5-3-11(10)12-4-7-15-8-6-14/h10-12,14H,3-9H2,1-2H3. The van der Waals surface area contributed by atoms with Gasteiger partial charge in [0.25, 0.3) is 0 Å². The monoisotopic (exact) mass is 216 g/mol. The quantitative estimate of drug-likeness (QED) is 0.610. The Morgan fingerprint density at radius 3 is 2.93 bits per heavy atom. The van der Waals surface area contributed by atoms with Gasteiger partial charge in [-0.15, -0.1) is 0 Å². The second-order valence-electron chi connectivity index (χ2n) is 4.42. The number of rotatable bonds is 6. The molecule has 1 fully saturated rings. The van der Waals surface area contributed by atoms with Crippen LogP contribution in [0.2, 0.25) is 0 Å². The fourth-order valence-electron chi connectivity index (χ4n) is 2.14. The Kier molecular flexibility index (Phi) is 6.17. The summed E-state index contributed by atoms with van der Waals surface area (Å²) in [5.41, 5.74) is 0. The van der Waals surface area contributed by atoms with Gasteiger partial charge in [0.2, 0.25) is 0 Å². The first kappa shape index (κ1) is 12.9. The van der Waals surface area contributed by atoms with Crippen molar-refractivity contribution in [3.05, 3.63) is 0 Å². The van der Waals surface area contributed by atoms with Crippen molar-refractivity contribution in [3.63, 3.8) is 0 Å². The third-order valence-electron chi connectivity index (χ3n) is 3.00. The molecule has 0 radical (unpaired) electrons. The number of aliphatic hydroxyl groups is 1. The van der Waals surface area contributed by atoms with Gasteiger partial charge in [-0.3, -0.25) is 0 Å². The summed E-state index contributed by atoms with van der Waals surface area (Å²) < 4.78 is 5.21. The molecule has 2 unspecified atom stereocenters. The van der Waals surface area contributed by atoms with E-state index in [1.54, 1.807) is 0 Å². The summed E-state index contributed by atoms with van der Waals surface area (Å²) in [5, 5.41) is 12.1. The van der Waals surface area contributed by atoms with E-state index in [1.165, 1.54) is 19.5 Å². The van der Waals surface area contributed by atoms with E-state index < -0.39 is 0 Å². The molecule has 2 atom stereocenters. The topological polar surface area (TPSA) is 44.7 Å². The Labute approximate surface area is 92.6 Å². The van der Waals surface area contributed by atoms with Crippen LogP contribution in [0.25, 0.3) is 0 Å². The molecule has 4 nitrogen and oxygen atoms in total. The maximum absolute atomic E-state index is 8.53. The van der Waals surface area contributed by atoms with Crippen LogP contribution in [0.5, 0.6) is 0 Å². The van der Waals surface area contributed by atoms with E-state index in [9.17, 15) is 0 Å². The zero-order valence-electron chi connectivity index (χ0n) is 9.91. The molecule has 0 aromatic rings. The van der Waals surface area contributed by atoms with E-state index in [0.29, 0.717) is 25.2 Å². The average Bonchev–Trinajstić information content (AvgIpc) is 2.20. The zero-order valence-corrected chi connectivity index (χ0v) is 9.91. The summed E-state index contributed by atoms with van der Waals surface area (Å²) in [4.78, 5) is 2.38. The van der Waals surface area contributed by atoms with Crippen LogP contribution in [0.4, 0.5) is 0 Å². The Balaban J connectivity index is 2.05. The molecule has 0 amide bonds. The van der Waals surface area contributed by atoms with Gasteiger partial charge in [0.1, 0.15) is 0 Å². The third-order valence-corrected chi connectivity index (χ3v) is 3.00. The van der Waals surface area contributed by atoms with Crippen molar-refractivity contribution < 1.29 is 9.84 Å². The zero-order chi connectivity index (χ0) is 11.1. The molecule has 0 aromatic carbocycles. The molecule has 0 aliphatic carbocycles. The Morgan fingerprint density at radius 2 is 2.27 bits per heavy atom. The molecule has 1 aliphatic rings. The first-order chi connectivity index (χ1) is 7.24. The van der Waals surface area contributed by atoms with Crippen molar-refractivity contribution in [2.75, 3.05) is 46.5 Å². The van der Waals surface area contributed by atoms with E-state index in [4.69, 9.17) is 9.84 Å². The molecule has 1 aliphatic heterocycles. The second kappa shape index (κ2) is 7.17. The van der Waals surface area contributed by atoms with Crippen LogP contribution in [0, 0.1) is 5.92 Å². The van der Waals surface area contributed by atoms with Crippen LogP contribution in [-0.2, 0) is 4.74 Å². The van der Waals surface area contributed by atoms with Gasteiger partial charge in [0.15, 0.2) is 0 Å². The van der Waals surface area contributed by atoms with Crippen molar-refractivity contribution in [3.8, 4) is 0 Å². The smallest absolute Gasteiger partial charge is 0.0698 e. The van der Waals surface area contributed by atoms with Gasteiger partial charge in [0.05, 0.1) is 19.8 Å². The molecule has 1 heterocycles. The van der Waals surface area contributed by atoms with Crippen LogP contribution in [0.15, 0.2) is 0 Å². The maximum atomic E-state index is 8.53. The summed E-state index contributed by atoms with van der Waals surface area (Å²) in [5.74, 6) is 0.710. The Hall–Kier alpha value is -0.160. The van der Waals surface area contributed by atoms with Crippen molar-refractivity contribution >= 4 is 0 Å². The predicted octanol–water partition coefficient (Wildman–Crippen LogP) is -0.0749. The van der Waals surface area contributed by atoms with E-state index in [0.717, 1.165) is 6.54 Å². The van der Waals surface area contributed by atoms with Crippen LogP contribution in [0.1, 0.15) is 13.3 Å². The number of piperidine rings is 1. The lowest BCUT2D eigenvalue weighted by molar-refractivity contribution is 0.0878. The maximum Gasteiger partial charge on any atom is 0.0698 e. The molecule has 2 N–H and O–H groups in total. The van der Waals surface area contributed by atoms with E-state index in [-0.39, 0.29) is 6.61 Å². The van der Waals surface area contributed by atoms with Crippen LogP contribution < -0.4 is 5.32 Å². The molecule has 1 saturated heterocycles. The molecule has 1 rings (SSSR count). The number of nitrogens with one attached hydrogen (secondary N) is 1. The van der Waals surface area contributed by atoms with Crippen LogP contribution in [0.3, 0.4) is 0 Å². The molecule has 0 saturated carbocycles. The van der Waals surface area contributed by atoms with Gasteiger partial charge in [-0.2, -0.15) is 0 Å². The summed E-state index contributed by atoms with van der Waals surface area (Å²) in [6.45, 7) is 6.80. The van der Waals surface area contributed by atoms with Crippen molar-refractivity contribution in [2.24, 2.45) is 5.92 Å². The molecule has 0 bridgehead atoms. The highest BCUT2D eigenvalue weighted by molar-refractivity contribution is 4.81. The number of hydrogen-bond acceptors (Lipinski definition) is 4. The second-order valence-corrected chi connectivity index (χ2v) is 4.42. The van der Waals surface area contributed by atoms with Gasteiger partial charge in [-0.25, -0.2) is 0 Å². The van der Waals surface area contributed by atoms with E-state index in [2.05, 4.69) is 24.2 Å². The third kappa shape index (κ3) is 4.93. The van der Waals surface area contributed by atoms with Gasteiger partial charge in [0, 0.05) is 19.1 Å². The molecule has 0 aromatic heterocycles. The molecule has 4 heteroatoms. The Bertz CT molecular complexity index is 167. The minimum Gasteiger partial charge on any atom is -0.394 e. The molecular formula is C11H24N2O2. The lowest BCUT2D eigenvalue weighted by atomic mass is 9.94. The van der Waals surface area contributed by atoms with Crippen LogP contribution >= 0.6 is 0 Å². The summed E-state index contributed by atoms with van der Waals surface area (Å²) in [7, 11) is 2.18. The van der Waals surface area contributed by atoms with Crippen LogP contribution in [-0.4, -0.2) is 62.6 Å². The van der Waals surface area contributed by atoms with E-state index in [1.807, 2.05) is 0 Å². The fraction of sp³-hybridized carbons (Fsp3) is 1.00. The molecule has 90 valence electrons. The average molecular weight is 216 g/mol. The normalized spacial score (nSPS) is 28.2. The highest BCUT2D eigenvalue weighted by atomic mass is 16.5. The molecular weight excluding hydrogens is 192 g/mol. The minimum atomic E-state index is 0.116. The number of aliphatic hydroxyl groups excluding tert-OH is 1. The van der Waals surface area contributed by atoms with E-state index >= 15 is 0 Å². The number of nitrogens with zero attached hydrogens (tertiary/aromatic N) is 1.